The van der Waals surface area contributed by atoms with E-state index in [1.807, 2.05) is 0 Å². The van der Waals surface area contributed by atoms with Crippen LogP contribution in [0.1, 0.15) is 13.8 Å². The van der Waals surface area contributed by atoms with Crippen LogP contribution in [-0.2, 0) is 0 Å². The molecule has 0 saturated carbocycles. The molecule has 0 amide bonds. The molecule has 76 valence electrons. The van der Waals surface area contributed by atoms with Crippen LogP contribution in [-0.4, -0.2) is 30.7 Å². The summed E-state index contributed by atoms with van der Waals surface area (Å²) in [6.45, 7) is 4.38. The molecule has 13 heavy (non-hydrogen) atoms. The molecule has 0 bridgehead atoms. The highest BCUT2D eigenvalue weighted by Crippen LogP contribution is 2.26. The Labute approximate surface area is 75.9 Å². The van der Waals surface area contributed by atoms with E-state index < -0.39 is 12.1 Å². The fraction of sp³-hybridized carbons (Fsp3) is 0.875. The van der Waals surface area contributed by atoms with Gasteiger partial charge in [0.25, 0.3) is 0 Å². The lowest BCUT2D eigenvalue weighted by molar-refractivity contribution is -0.162. The van der Waals surface area contributed by atoms with Gasteiger partial charge in [0.15, 0.2) is 5.92 Å². The van der Waals surface area contributed by atoms with Crippen molar-refractivity contribution in [1.82, 2.24) is 4.90 Å². The number of halogens is 3. The highest BCUT2D eigenvalue weighted by atomic mass is 19.4. The number of nitriles is 1. The van der Waals surface area contributed by atoms with Crippen molar-refractivity contribution >= 4 is 0 Å². The smallest absolute Gasteiger partial charge is 0.302 e. The van der Waals surface area contributed by atoms with Crippen LogP contribution in [0.25, 0.3) is 0 Å². The first kappa shape index (κ1) is 12.2. The van der Waals surface area contributed by atoms with E-state index in [2.05, 4.69) is 0 Å². The van der Waals surface area contributed by atoms with Crippen molar-refractivity contribution in [2.45, 2.75) is 20.0 Å². The van der Waals surface area contributed by atoms with E-state index in [0.717, 1.165) is 0 Å². The van der Waals surface area contributed by atoms with Crippen LogP contribution in [0.15, 0.2) is 0 Å². The van der Waals surface area contributed by atoms with Gasteiger partial charge >= 0.3 is 6.18 Å². The Kier molecular flexibility index (Phi) is 4.78. The van der Waals surface area contributed by atoms with Gasteiger partial charge in [-0.25, -0.2) is 0 Å². The number of nitrogens with zero attached hydrogens (tertiary/aromatic N) is 2. The summed E-state index contributed by atoms with van der Waals surface area (Å²) in [6, 6.07) is 1.27. The Morgan fingerprint density at radius 1 is 1.31 bits per heavy atom. The van der Waals surface area contributed by atoms with Crippen molar-refractivity contribution in [3.63, 3.8) is 0 Å². The van der Waals surface area contributed by atoms with Gasteiger partial charge in [-0.1, -0.05) is 13.8 Å². The molecule has 0 saturated heterocycles. The third-order valence-corrected chi connectivity index (χ3v) is 1.89. The summed E-state index contributed by atoms with van der Waals surface area (Å²) < 4.78 is 36.3. The average molecular weight is 194 g/mol. The van der Waals surface area contributed by atoms with Crippen LogP contribution < -0.4 is 0 Å². The number of hydrogen-bond donors (Lipinski definition) is 0. The predicted octanol–water partition coefficient (Wildman–Crippen LogP) is 2.03. The maximum absolute atomic E-state index is 12.1. The van der Waals surface area contributed by atoms with E-state index in [4.69, 9.17) is 5.26 Å². The minimum Gasteiger partial charge on any atom is -0.302 e. The van der Waals surface area contributed by atoms with Crippen molar-refractivity contribution in [1.29, 1.82) is 5.26 Å². The maximum atomic E-state index is 12.1. The molecule has 0 aliphatic heterocycles. The average Bonchev–Trinajstić information content (AvgIpc) is 2.04. The third-order valence-electron chi connectivity index (χ3n) is 1.89. The maximum Gasteiger partial charge on any atom is 0.405 e. The summed E-state index contributed by atoms with van der Waals surface area (Å²) in [5.74, 6) is -1.87. The van der Waals surface area contributed by atoms with Crippen LogP contribution in [0.2, 0.25) is 0 Å². The number of hydrogen-bond acceptors (Lipinski definition) is 2. The van der Waals surface area contributed by atoms with Gasteiger partial charge in [-0.15, -0.1) is 0 Å². The number of rotatable bonds is 4. The zero-order chi connectivity index (χ0) is 10.5. The standard InChI is InChI=1S/C8H13F3N2/c1-3-13(4-2)6-7(5-12)8(9,10)11/h7H,3-4,6H2,1-2H3. The monoisotopic (exact) mass is 194 g/mol. The lowest BCUT2D eigenvalue weighted by atomic mass is 10.1. The van der Waals surface area contributed by atoms with Crippen molar-refractivity contribution < 1.29 is 13.2 Å². The van der Waals surface area contributed by atoms with Gasteiger partial charge in [-0.2, -0.15) is 18.4 Å². The van der Waals surface area contributed by atoms with Gasteiger partial charge in [-0.3, -0.25) is 0 Å². The van der Waals surface area contributed by atoms with Crippen LogP contribution in [0, 0.1) is 17.2 Å². The van der Waals surface area contributed by atoms with Gasteiger partial charge in [0, 0.05) is 6.54 Å². The summed E-state index contributed by atoms with van der Waals surface area (Å²) in [5, 5.41) is 8.30. The lowest BCUT2D eigenvalue weighted by Gasteiger charge is -2.22. The van der Waals surface area contributed by atoms with Gasteiger partial charge in [0.1, 0.15) is 0 Å². The Balaban J connectivity index is 4.22. The van der Waals surface area contributed by atoms with Gasteiger partial charge in [0.2, 0.25) is 0 Å². The summed E-state index contributed by atoms with van der Waals surface area (Å²) in [7, 11) is 0. The highest BCUT2D eigenvalue weighted by Gasteiger charge is 2.40. The second-order valence-electron chi connectivity index (χ2n) is 2.71. The molecule has 0 spiro atoms. The Hall–Kier alpha value is -0.760. The topological polar surface area (TPSA) is 27.0 Å². The molecule has 1 unspecified atom stereocenters. The van der Waals surface area contributed by atoms with Crippen molar-refractivity contribution in [3.8, 4) is 6.07 Å². The van der Waals surface area contributed by atoms with Crippen LogP contribution in [0.3, 0.4) is 0 Å². The molecule has 0 aromatic heterocycles. The molecule has 1 atom stereocenters. The van der Waals surface area contributed by atoms with Crippen LogP contribution >= 0.6 is 0 Å². The molecule has 0 radical (unpaired) electrons. The predicted molar refractivity (Wildman–Crippen MR) is 42.9 cm³/mol. The lowest BCUT2D eigenvalue weighted by Crippen LogP contribution is -2.35. The highest BCUT2D eigenvalue weighted by molar-refractivity contribution is 4.90. The summed E-state index contributed by atoms with van der Waals surface area (Å²) >= 11 is 0. The first-order valence-corrected chi connectivity index (χ1v) is 4.14. The van der Waals surface area contributed by atoms with E-state index in [1.54, 1.807) is 18.7 Å². The van der Waals surface area contributed by atoms with E-state index in [1.165, 1.54) is 6.07 Å². The quantitative estimate of drug-likeness (QED) is 0.684. The van der Waals surface area contributed by atoms with E-state index in [9.17, 15) is 13.2 Å². The van der Waals surface area contributed by atoms with Crippen molar-refractivity contribution in [3.05, 3.63) is 0 Å². The largest absolute Gasteiger partial charge is 0.405 e. The molecular weight excluding hydrogens is 181 g/mol. The molecule has 0 aromatic carbocycles. The van der Waals surface area contributed by atoms with Gasteiger partial charge in [0.05, 0.1) is 6.07 Å². The Morgan fingerprint density at radius 2 is 1.77 bits per heavy atom. The fourth-order valence-corrected chi connectivity index (χ4v) is 0.958. The molecule has 0 rings (SSSR count). The normalized spacial score (nSPS) is 14.2. The molecule has 0 aliphatic carbocycles. The summed E-state index contributed by atoms with van der Waals surface area (Å²) in [5.41, 5.74) is 0. The molecule has 0 N–H and O–H groups in total. The Bertz CT molecular complexity index is 179. The molecule has 0 aromatic rings. The fourth-order valence-electron chi connectivity index (χ4n) is 0.958. The first-order valence-electron chi connectivity index (χ1n) is 4.14. The molecule has 5 heteroatoms. The van der Waals surface area contributed by atoms with Crippen LogP contribution in [0.5, 0.6) is 0 Å². The van der Waals surface area contributed by atoms with Gasteiger partial charge in [-0.05, 0) is 13.1 Å². The van der Waals surface area contributed by atoms with Crippen molar-refractivity contribution in [2.24, 2.45) is 5.92 Å². The van der Waals surface area contributed by atoms with Gasteiger partial charge < -0.3 is 4.90 Å². The van der Waals surface area contributed by atoms with Crippen LogP contribution in [0.4, 0.5) is 13.2 Å². The van der Waals surface area contributed by atoms with Crippen molar-refractivity contribution in [2.75, 3.05) is 19.6 Å². The summed E-state index contributed by atoms with van der Waals surface area (Å²) in [6.07, 6.45) is -4.41. The molecule has 2 nitrogen and oxygen atoms in total. The molecule has 0 heterocycles. The van der Waals surface area contributed by atoms with E-state index >= 15 is 0 Å². The molecule has 0 fully saturated rings. The van der Waals surface area contributed by atoms with E-state index in [0.29, 0.717) is 13.1 Å². The Morgan fingerprint density at radius 3 is 2.00 bits per heavy atom. The third kappa shape index (κ3) is 4.13. The zero-order valence-corrected chi connectivity index (χ0v) is 7.73. The summed E-state index contributed by atoms with van der Waals surface area (Å²) in [4.78, 5) is 1.58. The molecule has 0 aliphatic rings. The second kappa shape index (κ2) is 5.07. The number of alkyl halides is 3. The zero-order valence-electron chi connectivity index (χ0n) is 7.73. The molecular formula is C8H13F3N2. The second-order valence-corrected chi connectivity index (χ2v) is 2.71. The minimum atomic E-state index is -4.41. The SMILES string of the molecule is CCN(CC)CC(C#N)C(F)(F)F. The van der Waals surface area contributed by atoms with E-state index in [-0.39, 0.29) is 6.54 Å². The first-order chi connectivity index (χ1) is 5.95. The minimum absolute atomic E-state index is 0.229.